The number of fused-ring (bicyclic) bond motifs is 1. The number of aromatic nitrogens is 2. The van der Waals surface area contributed by atoms with Gasteiger partial charge in [0.15, 0.2) is 5.16 Å². The standard InChI is InChI=1S/C24H27N3O2S/c1-5-15-25-22(28)17(4)30-24-26-21-10-8-7-9-20(21)23(29)27(24)19-13-11-18(12-14-19)16(3)6-2/h5,7-14,16-17H,1,6,15H2,2-4H3,(H,25,28)/t16-,17+/m1/s1. The predicted octanol–water partition coefficient (Wildman–Crippen LogP) is 4.68. The van der Waals surface area contributed by atoms with Gasteiger partial charge in [-0.25, -0.2) is 4.98 Å². The van der Waals surface area contributed by atoms with Crippen LogP contribution in [0.1, 0.15) is 38.7 Å². The fourth-order valence-corrected chi connectivity index (χ4v) is 4.09. The number of carbonyl (C=O) groups is 1. The second-order valence-electron chi connectivity index (χ2n) is 7.25. The molecule has 1 amide bonds. The van der Waals surface area contributed by atoms with Crippen LogP contribution >= 0.6 is 11.8 Å². The number of amides is 1. The van der Waals surface area contributed by atoms with Gasteiger partial charge in [-0.1, -0.05) is 56.0 Å². The number of benzene rings is 2. The van der Waals surface area contributed by atoms with Crippen molar-refractivity contribution in [1.82, 2.24) is 14.9 Å². The van der Waals surface area contributed by atoms with Gasteiger partial charge in [0, 0.05) is 6.54 Å². The normalized spacial score (nSPS) is 13.0. The summed E-state index contributed by atoms with van der Waals surface area (Å²) in [5.74, 6) is 0.328. The molecule has 1 heterocycles. The van der Waals surface area contributed by atoms with Crippen molar-refractivity contribution in [2.24, 2.45) is 0 Å². The van der Waals surface area contributed by atoms with Crippen molar-refractivity contribution in [2.75, 3.05) is 6.54 Å². The SMILES string of the molecule is C=CCNC(=O)[C@H](C)Sc1nc2ccccc2c(=O)n1-c1ccc([C@H](C)CC)cc1. The second kappa shape index (κ2) is 9.76. The van der Waals surface area contributed by atoms with Gasteiger partial charge in [-0.05, 0) is 49.1 Å². The molecule has 0 aliphatic heterocycles. The Morgan fingerprint density at radius 2 is 1.90 bits per heavy atom. The van der Waals surface area contributed by atoms with E-state index in [0.29, 0.717) is 28.5 Å². The molecular formula is C24H27N3O2S. The van der Waals surface area contributed by atoms with E-state index in [-0.39, 0.29) is 11.5 Å². The molecule has 1 N–H and O–H groups in total. The molecule has 30 heavy (non-hydrogen) atoms. The van der Waals surface area contributed by atoms with Crippen molar-refractivity contribution in [3.8, 4) is 5.69 Å². The van der Waals surface area contributed by atoms with Crippen LogP contribution < -0.4 is 10.9 Å². The Morgan fingerprint density at radius 1 is 1.20 bits per heavy atom. The Hall–Kier alpha value is -2.86. The van der Waals surface area contributed by atoms with Crippen molar-refractivity contribution in [2.45, 2.75) is 43.5 Å². The van der Waals surface area contributed by atoms with E-state index in [9.17, 15) is 9.59 Å². The molecule has 0 unspecified atom stereocenters. The molecule has 1 aromatic heterocycles. The molecule has 0 saturated carbocycles. The van der Waals surface area contributed by atoms with Gasteiger partial charge in [0.25, 0.3) is 5.56 Å². The van der Waals surface area contributed by atoms with Gasteiger partial charge in [0.05, 0.1) is 21.8 Å². The predicted molar refractivity (Wildman–Crippen MR) is 125 cm³/mol. The van der Waals surface area contributed by atoms with Crippen LogP contribution in [0.25, 0.3) is 16.6 Å². The molecule has 156 valence electrons. The van der Waals surface area contributed by atoms with Gasteiger partial charge in [0.2, 0.25) is 5.91 Å². The monoisotopic (exact) mass is 421 g/mol. The largest absolute Gasteiger partial charge is 0.352 e. The molecule has 0 fully saturated rings. The minimum absolute atomic E-state index is 0.124. The molecular weight excluding hydrogens is 394 g/mol. The van der Waals surface area contributed by atoms with E-state index < -0.39 is 5.25 Å². The van der Waals surface area contributed by atoms with Crippen molar-refractivity contribution in [3.63, 3.8) is 0 Å². The number of para-hydroxylation sites is 1. The van der Waals surface area contributed by atoms with E-state index in [4.69, 9.17) is 4.98 Å². The molecule has 2 atom stereocenters. The molecule has 3 aromatic rings. The van der Waals surface area contributed by atoms with E-state index in [0.717, 1.165) is 12.1 Å². The maximum absolute atomic E-state index is 13.3. The molecule has 0 aliphatic rings. The van der Waals surface area contributed by atoms with Crippen LogP contribution in [0.3, 0.4) is 0 Å². The zero-order chi connectivity index (χ0) is 21.7. The minimum Gasteiger partial charge on any atom is -0.352 e. The summed E-state index contributed by atoms with van der Waals surface area (Å²) in [4.78, 5) is 30.4. The van der Waals surface area contributed by atoms with E-state index in [1.165, 1.54) is 17.3 Å². The Morgan fingerprint density at radius 3 is 2.57 bits per heavy atom. The minimum atomic E-state index is -0.413. The zero-order valence-electron chi connectivity index (χ0n) is 17.6. The molecule has 3 rings (SSSR count). The number of hydrogen-bond donors (Lipinski definition) is 1. The van der Waals surface area contributed by atoms with Crippen LogP contribution in [0.15, 0.2) is 71.1 Å². The second-order valence-corrected chi connectivity index (χ2v) is 8.55. The number of nitrogens with one attached hydrogen (secondary N) is 1. The summed E-state index contributed by atoms with van der Waals surface area (Å²) in [6.07, 6.45) is 2.69. The van der Waals surface area contributed by atoms with Gasteiger partial charge >= 0.3 is 0 Å². The summed E-state index contributed by atoms with van der Waals surface area (Å²) in [6.45, 7) is 10.2. The van der Waals surface area contributed by atoms with Gasteiger partial charge in [-0.15, -0.1) is 6.58 Å². The smallest absolute Gasteiger partial charge is 0.266 e. The highest BCUT2D eigenvalue weighted by Gasteiger charge is 2.20. The first kappa shape index (κ1) is 21.8. The fourth-order valence-electron chi connectivity index (χ4n) is 3.13. The van der Waals surface area contributed by atoms with E-state index >= 15 is 0 Å². The number of hydrogen-bond acceptors (Lipinski definition) is 4. The van der Waals surface area contributed by atoms with Crippen molar-refractivity contribution in [3.05, 3.63) is 77.1 Å². The van der Waals surface area contributed by atoms with Crippen LogP contribution in [-0.2, 0) is 4.79 Å². The number of carbonyl (C=O) groups excluding carboxylic acids is 1. The van der Waals surface area contributed by atoms with Crippen molar-refractivity contribution < 1.29 is 4.79 Å². The van der Waals surface area contributed by atoms with Crippen LogP contribution in [0.4, 0.5) is 0 Å². The molecule has 0 bridgehead atoms. The highest BCUT2D eigenvalue weighted by Crippen LogP contribution is 2.26. The summed E-state index contributed by atoms with van der Waals surface area (Å²) < 4.78 is 1.60. The molecule has 0 radical (unpaired) electrons. The van der Waals surface area contributed by atoms with Gasteiger partial charge in [-0.2, -0.15) is 0 Å². The molecule has 0 aliphatic carbocycles. The lowest BCUT2D eigenvalue weighted by Gasteiger charge is -2.17. The topological polar surface area (TPSA) is 64.0 Å². The Balaban J connectivity index is 2.08. The lowest BCUT2D eigenvalue weighted by molar-refractivity contribution is -0.120. The summed E-state index contributed by atoms with van der Waals surface area (Å²) in [6, 6.07) is 15.3. The molecule has 0 spiro atoms. The molecule has 2 aromatic carbocycles. The number of thioether (sulfide) groups is 1. The third-order valence-corrected chi connectivity index (χ3v) is 6.20. The van der Waals surface area contributed by atoms with Crippen molar-refractivity contribution >= 4 is 28.6 Å². The average molecular weight is 422 g/mol. The molecule has 5 nitrogen and oxygen atoms in total. The highest BCUT2D eigenvalue weighted by molar-refractivity contribution is 8.00. The summed E-state index contributed by atoms with van der Waals surface area (Å²) in [5, 5.41) is 3.43. The molecule has 0 saturated heterocycles. The van der Waals surface area contributed by atoms with Crippen molar-refractivity contribution in [1.29, 1.82) is 0 Å². The van der Waals surface area contributed by atoms with Crippen LogP contribution in [-0.4, -0.2) is 27.3 Å². The van der Waals surface area contributed by atoms with Gasteiger partial charge in [-0.3, -0.25) is 14.2 Å². The Bertz CT molecular complexity index is 1110. The summed E-state index contributed by atoms with van der Waals surface area (Å²) >= 11 is 1.27. The maximum atomic E-state index is 13.3. The molecule has 6 heteroatoms. The van der Waals surface area contributed by atoms with Crippen LogP contribution in [0, 0.1) is 0 Å². The summed E-state index contributed by atoms with van der Waals surface area (Å²) in [5.41, 5.74) is 2.45. The van der Waals surface area contributed by atoms with Gasteiger partial charge < -0.3 is 5.32 Å². The van der Waals surface area contributed by atoms with E-state index in [1.807, 2.05) is 30.3 Å². The summed E-state index contributed by atoms with van der Waals surface area (Å²) in [7, 11) is 0. The fraction of sp³-hybridized carbons (Fsp3) is 0.292. The average Bonchev–Trinajstić information content (AvgIpc) is 2.77. The Kier molecular flexibility index (Phi) is 7.11. The zero-order valence-corrected chi connectivity index (χ0v) is 18.4. The van der Waals surface area contributed by atoms with Crippen LogP contribution in [0.2, 0.25) is 0 Å². The Labute approximate surface area is 181 Å². The maximum Gasteiger partial charge on any atom is 0.266 e. The first-order valence-corrected chi connectivity index (χ1v) is 11.0. The third-order valence-electron chi connectivity index (χ3n) is 5.15. The lowest BCUT2D eigenvalue weighted by Crippen LogP contribution is -2.32. The first-order valence-electron chi connectivity index (χ1n) is 10.1. The lowest BCUT2D eigenvalue weighted by atomic mass is 9.98. The number of nitrogens with zero attached hydrogens (tertiary/aromatic N) is 2. The third kappa shape index (κ3) is 4.65. The van der Waals surface area contributed by atoms with Crippen LogP contribution in [0.5, 0.6) is 0 Å². The van der Waals surface area contributed by atoms with E-state index in [2.05, 4.69) is 37.9 Å². The van der Waals surface area contributed by atoms with E-state index in [1.54, 1.807) is 23.6 Å². The van der Waals surface area contributed by atoms with Gasteiger partial charge in [0.1, 0.15) is 0 Å². The first-order chi connectivity index (χ1) is 14.5. The highest BCUT2D eigenvalue weighted by atomic mass is 32.2. The number of rotatable bonds is 8. The quantitative estimate of drug-likeness (QED) is 0.326.